The molecule has 0 aliphatic carbocycles. The highest BCUT2D eigenvalue weighted by atomic mass is 32.2. The first kappa shape index (κ1) is 20.5. The molecule has 0 aromatic heterocycles. The van der Waals surface area contributed by atoms with Crippen molar-refractivity contribution in [2.24, 2.45) is 0 Å². The van der Waals surface area contributed by atoms with Gasteiger partial charge in [-0.15, -0.1) is 0 Å². The smallest absolute Gasteiger partial charge is 0.251 e. The maximum Gasteiger partial charge on any atom is 0.251 e. The third kappa shape index (κ3) is 5.41. The Kier molecular flexibility index (Phi) is 6.83. The topological polar surface area (TPSA) is 84.5 Å². The van der Waals surface area contributed by atoms with E-state index in [0.717, 1.165) is 18.4 Å². The van der Waals surface area contributed by atoms with Gasteiger partial charge in [-0.3, -0.25) is 4.79 Å². The molecule has 1 heterocycles. The van der Waals surface area contributed by atoms with Crippen molar-refractivity contribution >= 4 is 15.9 Å². The summed E-state index contributed by atoms with van der Waals surface area (Å²) in [6.07, 6.45) is 1.76. The van der Waals surface area contributed by atoms with Crippen LogP contribution in [0.4, 0.5) is 0 Å². The Hall–Kier alpha value is -2.22. The molecule has 1 aliphatic heterocycles. The molecule has 3 rings (SSSR count). The second kappa shape index (κ2) is 9.32. The molecule has 2 aromatic carbocycles. The number of carbonyl (C=O) groups excluding carboxylic acids is 1. The molecular weight excluding hydrogens is 376 g/mol. The van der Waals surface area contributed by atoms with E-state index in [1.807, 2.05) is 37.3 Å². The Morgan fingerprint density at radius 3 is 2.50 bits per heavy atom. The van der Waals surface area contributed by atoms with E-state index < -0.39 is 10.0 Å². The van der Waals surface area contributed by atoms with E-state index in [2.05, 4.69) is 10.0 Å². The van der Waals surface area contributed by atoms with Gasteiger partial charge in [-0.25, -0.2) is 13.1 Å². The van der Waals surface area contributed by atoms with Crippen LogP contribution in [0.2, 0.25) is 0 Å². The summed E-state index contributed by atoms with van der Waals surface area (Å²) < 4.78 is 32.8. The highest BCUT2D eigenvalue weighted by Gasteiger charge is 2.20. The summed E-state index contributed by atoms with van der Waals surface area (Å²) in [7, 11) is -3.61. The molecule has 0 bridgehead atoms. The van der Waals surface area contributed by atoms with Crippen molar-refractivity contribution < 1.29 is 17.9 Å². The molecule has 0 spiro atoms. The molecule has 0 radical (unpaired) electrons. The standard InChI is InChI=1S/C21H26N2O4S/c1-16(17-6-3-2-4-7-17)14-22-21(24)18-9-11-20(12-10-18)28(25,26)23-15-19-8-5-13-27-19/h2-4,6-7,9-12,16,19,23H,5,8,13-15H2,1H3,(H,22,24)/t16-,19-/m1/s1. The first-order valence-corrected chi connectivity index (χ1v) is 11.0. The largest absolute Gasteiger partial charge is 0.377 e. The van der Waals surface area contributed by atoms with Crippen LogP contribution in [0.3, 0.4) is 0 Å². The Bertz CT molecular complexity index is 876. The molecule has 1 amide bonds. The van der Waals surface area contributed by atoms with Gasteiger partial charge in [0.2, 0.25) is 10.0 Å². The predicted molar refractivity (Wildman–Crippen MR) is 108 cm³/mol. The zero-order valence-corrected chi connectivity index (χ0v) is 16.7. The van der Waals surface area contributed by atoms with Gasteiger partial charge >= 0.3 is 0 Å². The Balaban J connectivity index is 1.54. The minimum absolute atomic E-state index is 0.0635. The number of hydrogen-bond donors (Lipinski definition) is 2. The highest BCUT2D eigenvalue weighted by molar-refractivity contribution is 7.89. The Morgan fingerprint density at radius 2 is 1.86 bits per heavy atom. The summed E-state index contributed by atoms with van der Waals surface area (Å²) in [5, 5.41) is 2.90. The number of hydrogen-bond acceptors (Lipinski definition) is 4. The summed E-state index contributed by atoms with van der Waals surface area (Å²) >= 11 is 0. The van der Waals surface area contributed by atoms with Crippen LogP contribution in [0.25, 0.3) is 0 Å². The molecule has 0 saturated carbocycles. The van der Waals surface area contributed by atoms with E-state index in [4.69, 9.17) is 4.74 Å². The number of benzene rings is 2. The van der Waals surface area contributed by atoms with E-state index in [1.165, 1.54) is 24.3 Å². The first-order chi connectivity index (χ1) is 13.5. The number of sulfonamides is 1. The van der Waals surface area contributed by atoms with Gasteiger partial charge in [-0.05, 0) is 48.6 Å². The van der Waals surface area contributed by atoms with Gasteiger partial charge in [0.25, 0.3) is 5.91 Å². The number of rotatable bonds is 8. The summed E-state index contributed by atoms with van der Waals surface area (Å²) in [5.74, 6) is -0.0362. The van der Waals surface area contributed by atoms with Crippen LogP contribution < -0.4 is 10.0 Å². The van der Waals surface area contributed by atoms with Crippen LogP contribution in [0.1, 0.15) is 41.6 Å². The second-order valence-electron chi connectivity index (χ2n) is 7.03. The summed E-state index contributed by atoms with van der Waals surface area (Å²) in [4.78, 5) is 12.5. The lowest BCUT2D eigenvalue weighted by atomic mass is 10.0. The molecule has 2 N–H and O–H groups in total. The van der Waals surface area contributed by atoms with E-state index in [-0.39, 0.29) is 29.4 Å². The van der Waals surface area contributed by atoms with Gasteiger partial charge in [0.05, 0.1) is 11.0 Å². The average Bonchev–Trinajstić information content (AvgIpc) is 3.25. The van der Waals surface area contributed by atoms with Crippen LogP contribution in [0.5, 0.6) is 0 Å². The molecule has 2 aromatic rings. The highest BCUT2D eigenvalue weighted by Crippen LogP contribution is 2.15. The van der Waals surface area contributed by atoms with Crippen LogP contribution in [0, 0.1) is 0 Å². The fourth-order valence-electron chi connectivity index (χ4n) is 3.12. The number of carbonyl (C=O) groups is 1. The van der Waals surface area contributed by atoms with Gasteiger partial charge in [0.1, 0.15) is 0 Å². The van der Waals surface area contributed by atoms with E-state index in [1.54, 1.807) is 0 Å². The molecule has 1 fully saturated rings. The quantitative estimate of drug-likeness (QED) is 0.711. The maximum atomic E-state index is 12.4. The van der Waals surface area contributed by atoms with Crippen molar-refractivity contribution in [2.45, 2.75) is 36.7 Å². The summed E-state index contributed by atoms with van der Waals surface area (Å²) in [6.45, 7) is 3.50. The lowest BCUT2D eigenvalue weighted by Gasteiger charge is -2.14. The third-order valence-electron chi connectivity index (χ3n) is 4.89. The molecular formula is C21H26N2O4S. The SMILES string of the molecule is C[C@H](CNC(=O)c1ccc(S(=O)(=O)NC[C@H]2CCCO2)cc1)c1ccccc1. The van der Waals surface area contributed by atoms with Crippen molar-refractivity contribution in [1.82, 2.24) is 10.0 Å². The minimum Gasteiger partial charge on any atom is -0.377 e. The van der Waals surface area contributed by atoms with Gasteiger partial charge in [0.15, 0.2) is 0 Å². The van der Waals surface area contributed by atoms with Crippen LogP contribution in [-0.2, 0) is 14.8 Å². The molecule has 7 heteroatoms. The van der Waals surface area contributed by atoms with Crippen molar-refractivity contribution in [3.8, 4) is 0 Å². The molecule has 1 saturated heterocycles. The third-order valence-corrected chi connectivity index (χ3v) is 6.33. The van der Waals surface area contributed by atoms with Gasteiger partial charge < -0.3 is 10.1 Å². The van der Waals surface area contributed by atoms with Gasteiger partial charge in [0, 0.05) is 25.3 Å². The number of amides is 1. The Morgan fingerprint density at radius 1 is 1.14 bits per heavy atom. The van der Waals surface area contributed by atoms with E-state index in [0.29, 0.717) is 18.7 Å². The monoisotopic (exact) mass is 402 g/mol. The second-order valence-corrected chi connectivity index (χ2v) is 8.80. The minimum atomic E-state index is -3.61. The molecule has 0 unspecified atom stereocenters. The van der Waals surface area contributed by atoms with E-state index in [9.17, 15) is 13.2 Å². The number of nitrogens with one attached hydrogen (secondary N) is 2. The fraction of sp³-hybridized carbons (Fsp3) is 0.381. The molecule has 6 nitrogen and oxygen atoms in total. The van der Waals surface area contributed by atoms with Gasteiger partial charge in [-0.1, -0.05) is 37.3 Å². The summed E-state index contributed by atoms with van der Waals surface area (Å²) in [5.41, 5.74) is 1.58. The predicted octanol–water partition coefficient (Wildman–Crippen LogP) is 2.68. The zero-order valence-electron chi connectivity index (χ0n) is 15.9. The van der Waals surface area contributed by atoms with Crippen LogP contribution in [-0.4, -0.2) is 40.1 Å². The molecule has 1 aliphatic rings. The van der Waals surface area contributed by atoms with Crippen molar-refractivity contribution in [2.75, 3.05) is 19.7 Å². The van der Waals surface area contributed by atoms with E-state index >= 15 is 0 Å². The Labute approximate surface area is 166 Å². The average molecular weight is 403 g/mol. The van der Waals surface area contributed by atoms with Crippen molar-refractivity contribution in [1.29, 1.82) is 0 Å². The normalized spacial score (nSPS) is 18.0. The molecule has 150 valence electrons. The van der Waals surface area contributed by atoms with Crippen LogP contribution in [0.15, 0.2) is 59.5 Å². The first-order valence-electron chi connectivity index (χ1n) is 9.50. The van der Waals surface area contributed by atoms with Gasteiger partial charge in [-0.2, -0.15) is 0 Å². The van der Waals surface area contributed by atoms with Crippen LogP contribution >= 0.6 is 0 Å². The zero-order chi connectivity index (χ0) is 20.0. The molecule has 2 atom stereocenters. The fourth-order valence-corrected chi connectivity index (χ4v) is 4.19. The lowest BCUT2D eigenvalue weighted by molar-refractivity contribution is 0.0951. The molecule has 28 heavy (non-hydrogen) atoms. The number of ether oxygens (including phenoxy) is 1. The summed E-state index contributed by atoms with van der Waals surface area (Å²) in [6, 6.07) is 15.9. The van der Waals surface area contributed by atoms with Crippen molar-refractivity contribution in [3.05, 3.63) is 65.7 Å². The maximum absolute atomic E-state index is 12.4. The lowest BCUT2D eigenvalue weighted by Crippen LogP contribution is -2.32. The van der Waals surface area contributed by atoms with Crippen molar-refractivity contribution in [3.63, 3.8) is 0 Å².